The third kappa shape index (κ3) is 3.85. The molecule has 0 saturated carbocycles. The Balaban J connectivity index is 1.44. The second-order valence-electron chi connectivity index (χ2n) is 7.34. The topological polar surface area (TPSA) is 94.4 Å². The van der Waals surface area contributed by atoms with E-state index in [4.69, 9.17) is 0 Å². The van der Waals surface area contributed by atoms with Gasteiger partial charge >= 0.3 is 0 Å². The molecule has 146 valence electrons. The molecule has 3 aromatic rings. The van der Waals surface area contributed by atoms with Crippen molar-refractivity contribution in [3.8, 4) is 0 Å². The van der Waals surface area contributed by atoms with Crippen LogP contribution in [0.5, 0.6) is 0 Å². The maximum absolute atomic E-state index is 11.2. The second-order valence-corrected chi connectivity index (χ2v) is 7.34. The standard InChI is InChI=1S/C21H24N4O3/c26-14-15-7-8-17(10-21(15)25(27)28)23-18-4-3-9-24(13-18)12-16-11-22-20-6-2-1-5-19(16)20/h1-2,5-8,10-11,18,22-23,26H,3-4,9,12-14H2. The molecule has 1 aromatic heterocycles. The first-order chi connectivity index (χ1) is 13.6. The molecule has 0 bridgehead atoms. The molecule has 2 aromatic carbocycles. The lowest BCUT2D eigenvalue weighted by molar-refractivity contribution is -0.385. The van der Waals surface area contributed by atoms with E-state index >= 15 is 0 Å². The van der Waals surface area contributed by atoms with Gasteiger partial charge in [-0.25, -0.2) is 0 Å². The Bertz CT molecular complexity index is 985. The number of likely N-dealkylation sites (tertiary alicyclic amines) is 1. The van der Waals surface area contributed by atoms with Crippen molar-refractivity contribution in [2.45, 2.75) is 32.0 Å². The first kappa shape index (κ1) is 18.5. The minimum Gasteiger partial charge on any atom is -0.391 e. The zero-order chi connectivity index (χ0) is 19.5. The molecule has 28 heavy (non-hydrogen) atoms. The number of nitrogens with zero attached hydrogens (tertiary/aromatic N) is 2. The number of fused-ring (bicyclic) bond motifs is 1. The number of nitro groups is 1. The lowest BCUT2D eigenvalue weighted by atomic mass is 10.0. The van der Waals surface area contributed by atoms with E-state index < -0.39 is 4.92 Å². The zero-order valence-electron chi connectivity index (χ0n) is 15.6. The van der Waals surface area contributed by atoms with Crippen LogP contribution in [0.25, 0.3) is 10.9 Å². The van der Waals surface area contributed by atoms with Crippen LogP contribution >= 0.6 is 0 Å². The van der Waals surface area contributed by atoms with Crippen LogP contribution in [-0.4, -0.2) is 39.0 Å². The molecular formula is C21H24N4O3. The number of hydrogen-bond donors (Lipinski definition) is 3. The summed E-state index contributed by atoms with van der Waals surface area (Å²) in [5.41, 5.74) is 3.46. The van der Waals surface area contributed by atoms with Gasteiger partial charge in [-0.2, -0.15) is 0 Å². The number of rotatable bonds is 6. The van der Waals surface area contributed by atoms with Crippen LogP contribution in [0.4, 0.5) is 11.4 Å². The number of anilines is 1. The van der Waals surface area contributed by atoms with Crippen LogP contribution in [-0.2, 0) is 13.2 Å². The van der Waals surface area contributed by atoms with E-state index in [0.29, 0.717) is 5.56 Å². The Kier molecular flexibility index (Phi) is 5.27. The lowest BCUT2D eigenvalue weighted by Crippen LogP contribution is -2.41. The summed E-state index contributed by atoms with van der Waals surface area (Å²) in [6.45, 7) is 2.47. The molecule has 4 rings (SSSR count). The first-order valence-electron chi connectivity index (χ1n) is 9.56. The average molecular weight is 380 g/mol. The predicted octanol–water partition coefficient (Wildman–Crippen LogP) is 3.64. The van der Waals surface area contributed by atoms with Gasteiger partial charge in [0.15, 0.2) is 0 Å². The molecule has 3 N–H and O–H groups in total. The van der Waals surface area contributed by atoms with Crippen molar-refractivity contribution in [3.63, 3.8) is 0 Å². The molecular weight excluding hydrogens is 356 g/mol. The van der Waals surface area contributed by atoms with Gasteiger partial charge < -0.3 is 15.4 Å². The van der Waals surface area contributed by atoms with Crippen molar-refractivity contribution in [2.24, 2.45) is 0 Å². The third-order valence-electron chi connectivity index (χ3n) is 5.40. The van der Waals surface area contributed by atoms with Crippen molar-refractivity contribution in [1.82, 2.24) is 9.88 Å². The first-order valence-corrected chi connectivity index (χ1v) is 9.56. The fourth-order valence-electron chi connectivity index (χ4n) is 4.01. The Labute approximate surface area is 163 Å². The van der Waals surface area contributed by atoms with Crippen molar-refractivity contribution >= 4 is 22.3 Å². The van der Waals surface area contributed by atoms with E-state index in [2.05, 4.69) is 39.6 Å². The molecule has 0 radical (unpaired) electrons. The number of benzene rings is 2. The Morgan fingerprint density at radius 3 is 2.93 bits per heavy atom. The number of para-hydroxylation sites is 1. The highest BCUT2D eigenvalue weighted by atomic mass is 16.6. The molecule has 1 aliphatic rings. The van der Waals surface area contributed by atoms with Gasteiger partial charge in [-0.15, -0.1) is 0 Å². The smallest absolute Gasteiger partial charge is 0.276 e. The molecule has 0 aliphatic carbocycles. The number of nitrogens with one attached hydrogen (secondary N) is 2. The van der Waals surface area contributed by atoms with Crippen LogP contribution in [0.3, 0.4) is 0 Å². The molecule has 0 spiro atoms. The number of hydrogen-bond acceptors (Lipinski definition) is 5. The van der Waals surface area contributed by atoms with Gasteiger partial charge in [-0.05, 0) is 43.1 Å². The van der Waals surface area contributed by atoms with Gasteiger partial charge in [0.25, 0.3) is 5.69 Å². The van der Waals surface area contributed by atoms with E-state index in [1.807, 2.05) is 6.07 Å². The molecule has 1 aliphatic heterocycles. The number of H-pyrrole nitrogens is 1. The lowest BCUT2D eigenvalue weighted by Gasteiger charge is -2.33. The molecule has 7 nitrogen and oxygen atoms in total. The minimum atomic E-state index is -0.444. The summed E-state index contributed by atoms with van der Waals surface area (Å²) in [4.78, 5) is 16.5. The van der Waals surface area contributed by atoms with Crippen LogP contribution < -0.4 is 5.32 Å². The second kappa shape index (κ2) is 8.00. The van der Waals surface area contributed by atoms with Gasteiger partial charge in [-0.1, -0.05) is 18.2 Å². The molecule has 1 unspecified atom stereocenters. The van der Waals surface area contributed by atoms with E-state index in [9.17, 15) is 15.2 Å². The van der Waals surface area contributed by atoms with Crippen LogP contribution in [0.1, 0.15) is 24.0 Å². The fourth-order valence-corrected chi connectivity index (χ4v) is 4.01. The molecule has 2 heterocycles. The van der Waals surface area contributed by atoms with Crippen molar-refractivity contribution < 1.29 is 10.0 Å². The zero-order valence-corrected chi connectivity index (χ0v) is 15.6. The van der Waals surface area contributed by atoms with E-state index in [1.165, 1.54) is 17.0 Å². The number of aliphatic hydroxyl groups excluding tert-OH is 1. The highest BCUT2D eigenvalue weighted by Crippen LogP contribution is 2.26. The Morgan fingerprint density at radius 1 is 1.25 bits per heavy atom. The molecule has 0 amide bonds. The summed E-state index contributed by atoms with van der Waals surface area (Å²) >= 11 is 0. The number of aromatic amines is 1. The highest BCUT2D eigenvalue weighted by Gasteiger charge is 2.22. The minimum absolute atomic E-state index is 0.0426. The largest absolute Gasteiger partial charge is 0.391 e. The third-order valence-corrected chi connectivity index (χ3v) is 5.40. The fraction of sp³-hybridized carbons (Fsp3) is 0.333. The van der Waals surface area contributed by atoms with Gasteiger partial charge in [0.05, 0.1) is 17.1 Å². The Hall–Kier alpha value is -2.90. The maximum atomic E-state index is 11.2. The van der Waals surface area contributed by atoms with Crippen LogP contribution in [0.15, 0.2) is 48.7 Å². The SMILES string of the molecule is O=[N+]([O-])c1cc(NC2CCCN(Cc3c[nH]c4ccccc34)C2)ccc1CO. The number of piperidine rings is 1. The van der Waals surface area contributed by atoms with Crippen LogP contribution in [0.2, 0.25) is 0 Å². The van der Waals surface area contributed by atoms with Crippen LogP contribution in [0, 0.1) is 10.1 Å². The summed E-state index contributed by atoms with van der Waals surface area (Å²) in [7, 11) is 0. The predicted molar refractivity (Wildman–Crippen MR) is 109 cm³/mol. The summed E-state index contributed by atoms with van der Waals surface area (Å²) in [5, 5.41) is 25.2. The van der Waals surface area contributed by atoms with E-state index in [0.717, 1.165) is 43.7 Å². The van der Waals surface area contributed by atoms with Crippen molar-refractivity contribution in [3.05, 3.63) is 69.9 Å². The number of aromatic nitrogens is 1. The number of nitro benzene ring substituents is 1. The highest BCUT2D eigenvalue weighted by molar-refractivity contribution is 5.82. The molecule has 1 atom stereocenters. The van der Waals surface area contributed by atoms with Gasteiger partial charge in [-0.3, -0.25) is 15.0 Å². The van der Waals surface area contributed by atoms with E-state index in [1.54, 1.807) is 12.1 Å². The van der Waals surface area contributed by atoms with E-state index in [-0.39, 0.29) is 18.3 Å². The summed E-state index contributed by atoms with van der Waals surface area (Å²) in [6, 6.07) is 13.5. The molecule has 1 fully saturated rings. The van der Waals surface area contributed by atoms with Gasteiger partial charge in [0, 0.05) is 48.0 Å². The summed E-state index contributed by atoms with van der Waals surface area (Å²) < 4.78 is 0. The van der Waals surface area contributed by atoms with Crippen molar-refractivity contribution in [1.29, 1.82) is 0 Å². The maximum Gasteiger partial charge on any atom is 0.276 e. The number of aliphatic hydroxyl groups is 1. The van der Waals surface area contributed by atoms with Gasteiger partial charge in [0.2, 0.25) is 0 Å². The van der Waals surface area contributed by atoms with Gasteiger partial charge in [0.1, 0.15) is 0 Å². The summed E-state index contributed by atoms with van der Waals surface area (Å²) in [5.74, 6) is 0. The average Bonchev–Trinajstić information content (AvgIpc) is 3.11. The Morgan fingerprint density at radius 2 is 2.11 bits per heavy atom. The quantitative estimate of drug-likeness (QED) is 0.448. The molecule has 1 saturated heterocycles. The normalized spacial score (nSPS) is 17.7. The monoisotopic (exact) mass is 380 g/mol. The summed E-state index contributed by atoms with van der Waals surface area (Å²) in [6.07, 6.45) is 4.19. The van der Waals surface area contributed by atoms with Crippen molar-refractivity contribution in [2.75, 3.05) is 18.4 Å². The molecule has 7 heteroatoms.